The predicted molar refractivity (Wildman–Crippen MR) is 69.8 cm³/mol. The number of benzene rings is 1. The number of para-hydroxylation sites is 1. The van der Waals surface area contributed by atoms with Gasteiger partial charge in [-0.3, -0.25) is 4.79 Å². The Morgan fingerprint density at radius 3 is 2.50 bits per heavy atom. The average Bonchev–Trinajstić information content (AvgIpc) is 2.88. The normalized spacial score (nSPS) is 10.7. The molecule has 4 heteroatoms. The Labute approximate surface area is 106 Å². The monoisotopic (exact) mass is 244 g/mol. The molecule has 0 N–H and O–H groups in total. The van der Waals surface area contributed by atoms with Gasteiger partial charge in [-0.15, -0.1) is 0 Å². The van der Waals surface area contributed by atoms with Crippen LogP contribution < -0.4 is 4.90 Å². The van der Waals surface area contributed by atoms with Crippen LogP contribution in [0.3, 0.4) is 0 Å². The van der Waals surface area contributed by atoms with Gasteiger partial charge in [0.05, 0.1) is 0 Å². The maximum atomic E-state index is 12.2. The van der Waals surface area contributed by atoms with Crippen LogP contribution in [-0.4, -0.2) is 18.1 Å². The molecule has 0 atom stereocenters. The molecule has 94 valence electrons. The largest absolute Gasteiger partial charge is 0.360 e. The summed E-state index contributed by atoms with van der Waals surface area (Å²) in [5, 5.41) is 3.82. The fraction of sp³-hybridized carbons (Fsp3) is 0.286. The van der Waals surface area contributed by atoms with Gasteiger partial charge in [0.1, 0.15) is 5.76 Å². The van der Waals surface area contributed by atoms with E-state index in [0.29, 0.717) is 5.69 Å². The Morgan fingerprint density at radius 2 is 1.94 bits per heavy atom. The number of anilines is 1. The molecular formula is C14H16N2O2. The second-order valence-corrected chi connectivity index (χ2v) is 4.47. The zero-order chi connectivity index (χ0) is 13.1. The minimum absolute atomic E-state index is 0.170. The second kappa shape index (κ2) is 5.04. The maximum Gasteiger partial charge on any atom is 0.280 e. The van der Waals surface area contributed by atoms with E-state index >= 15 is 0 Å². The van der Waals surface area contributed by atoms with Crippen molar-refractivity contribution >= 4 is 11.6 Å². The number of aromatic nitrogens is 1. The van der Waals surface area contributed by atoms with Crippen LogP contribution in [0.4, 0.5) is 5.69 Å². The lowest BCUT2D eigenvalue weighted by Gasteiger charge is -2.15. The number of carbonyl (C=O) groups excluding carboxylic acids is 1. The molecule has 1 aromatic carbocycles. The number of hydrogen-bond donors (Lipinski definition) is 0. The molecule has 0 radical (unpaired) electrons. The topological polar surface area (TPSA) is 46.3 Å². The molecule has 1 heterocycles. The standard InChI is InChI=1S/C14H16N2O2/c1-10(2)13-9-12(15-18-13)14(17)16(3)11-7-5-4-6-8-11/h4-10H,1-3H3. The van der Waals surface area contributed by atoms with Crippen molar-refractivity contribution in [1.29, 1.82) is 0 Å². The Morgan fingerprint density at radius 1 is 1.28 bits per heavy atom. The Bertz CT molecular complexity index is 532. The summed E-state index contributed by atoms with van der Waals surface area (Å²) in [6.07, 6.45) is 0. The van der Waals surface area contributed by atoms with Gasteiger partial charge in [-0.2, -0.15) is 0 Å². The third kappa shape index (κ3) is 2.42. The van der Waals surface area contributed by atoms with E-state index < -0.39 is 0 Å². The van der Waals surface area contributed by atoms with Crippen molar-refractivity contribution in [3.05, 3.63) is 47.9 Å². The van der Waals surface area contributed by atoms with Crippen molar-refractivity contribution < 1.29 is 9.32 Å². The zero-order valence-electron chi connectivity index (χ0n) is 10.8. The summed E-state index contributed by atoms with van der Waals surface area (Å²) in [7, 11) is 1.72. The molecule has 18 heavy (non-hydrogen) atoms. The van der Waals surface area contributed by atoms with Crippen molar-refractivity contribution in [2.24, 2.45) is 0 Å². The first-order valence-electron chi connectivity index (χ1n) is 5.89. The number of carbonyl (C=O) groups is 1. The highest BCUT2D eigenvalue weighted by molar-refractivity contribution is 6.04. The first-order valence-corrected chi connectivity index (χ1v) is 5.89. The molecule has 0 aliphatic rings. The summed E-state index contributed by atoms with van der Waals surface area (Å²) in [5.41, 5.74) is 1.17. The van der Waals surface area contributed by atoms with Gasteiger partial charge in [0.2, 0.25) is 0 Å². The molecule has 0 unspecified atom stereocenters. The molecule has 0 fully saturated rings. The summed E-state index contributed by atoms with van der Waals surface area (Å²) >= 11 is 0. The van der Waals surface area contributed by atoms with Crippen LogP contribution >= 0.6 is 0 Å². The summed E-state index contributed by atoms with van der Waals surface area (Å²) in [6.45, 7) is 3.99. The molecule has 1 amide bonds. The summed E-state index contributed by atoms with van der Waals surface area (Å²) in [6, 6.07) is 11.1. The first kappa shape index (κ1) is 12.4. The highest BCUT2D eigenvalue weighted by Gasteiger charge is 2.18. The quantitative estimate of drug-likeness (QED) is 0.833. The lowest BCUT2D eigenvalue weighted by atomic mass is 10.1. The van der Waals surface area contributed by atoms with Crippen molar-refractivity contribution in [2.45, 2.75) is 19.8 Å². The predicted octanol–water partition coefficient (Wildman–Crippen LogP) is 3.07. The van der Waals surface area contributed by atoms with Crippen LogP contribution in [0.1, 0.15) is 36.0 Å². The van der Waals surface area contributed by atoms with Crippen LogP contribution in [-0.2, 0) is 0 Å². The van der Waals surface area contributed by atoms with E-state index in [9.17, 15) is 4.79 Å². The molecule has 1 aromatic heterocycles. The van der Waals surface area contributed by atoms with Crippen LogP contribution in [0.2, 0.25) is 0 Å². The van der Waals surface area contributed by atoms with Gasteiger partial charge in [-0.05, 0) is 12.1 Å². The Kier molecular flexibility index (Phi) is 3.46. The van der Waals surface area contributed by atoms with E-state index in [-0.39, 0.29) is 11.8 Å². The van der Waals surface area contributed by atoms with E-state index in [1.807, 2.05) is 44.2 Å². The van der Waals surface area contributed by atoms with Crippen LogP contribution in [0.15, 0.2) is 40.9 Å². The molecule has 0 saturated heterocycles. The summed E-state index contributed by atoms with van der Waals surface area (Å²) in [4.78, 5) is 13.7. The van der Waals surface area contributed by atoms with Gasteiger partial charge < -0.3 is 9.42 Å². The third-order valence-electron chi connectivity index (χ3n) is 2.76. The molecule has 4 nitrogen and oxygen atoms in total. The molecular weight excluding hydrogens is 228 g/mol. The highest BCUT2D eigenvalue weighted by Crippen LogP contribution is 2.18. The minimum atomic E-state index is -0.170. The van der Waals surface area contributed by atoms with Gasteiger partial charge >= 0.3 is 0 Å². The van der Waals surface area contributed by atoms with Gasteiger partial charge in [-0.1, -0.05) is 37.2 Å². The molecule has 0 spiro atoms. The van der Waals surface area contributed by atoms with Crippen molar-refractivity contribution in [1.82, 2.24) is 5.16 Å². The molecule has 0 aliphatic carbocycles. The summed E-state index contributed by atoms with van der Waals surface area (Å²) in [5.74, 6) is 0.776. The SMILES string of the molecule is CC(C)c1cc(C(=O)N(C)c2ccccc2)no1. The fourth-order valence-corrected chi connectivity index (χ4v) is 1.60. The van der Waals surface area contributed by atoms with Crippen LogP contribution in [0.25, 0.3) is 0 Å². The van der Waals surface area contributed by atoms with E-state index in [4.69, 9.17) is 4.52 Å². The van der Waals surface area contributed by atoms with Crippen molar-refractivity contribution in [2.75, 3.05) is 11.9 Å². The second-order valence-electron chi connectivity index (χ2n) is 4.47. The van der Waals surface area contributed by atoms with E-state index in [1.165, 1.54) is 0 Å². The van der Waals surface area contributed by atoms with Gasteiger partial charge in [-0.25, -0.2) is 0 Å². The number of nitrogens with zero attached hydrogens (tertiary/aromatic N) is 2. The Hall–Kier alpha value is -2.10. The van der Waals surface area contributed by atoms with Gasteiger partial charge in [0.25, 0.3) is 5.91 Å². The lowest BCUT2D eigenvalue weighted by molar-refractivity contribution is 0.0984. The number of rotatable bonds is 3. The van der Waals surface area contributed by atoms with E-state index in [1.54, 1.807) is 18.0 Å². The van der Waals surface area contributed by atoms with Crippen molar-refractivity contribution in [3.63, 3.8) is 0 Å². The first-order chi connectivity index (χ1) is 8.59. The lowest BCUT2D eigenvalue weighted by Crippen LogP contribution is -2.26. The minimum Gasteiger partial charge on any atom is -0.360 e. The smallest absolute Gasteiger partial charge is 0.280 e. The fourth-order valence-electron chi connectivity index (χ4n) is 1.60. The Balaban J connectivity index is 2.20. The van der Waals surface area contributed by atoms with Crippen molar-refractivity contribution in [3.8, 4) is 0 Å². The zero-order valence-corrected chi connectivity index (χ0v) is 10.8. The third-order valence-corrected chi connectivity index (χ3v) is 2.76. The molecule has 0 aliphatic heterocycles. The van der Waals surface area contributed by atoms with Crippen LogP contribution in [0, 0.1) is 0 Å². The number of hydrogen-bond acceptors (Lipinski definition) is 3. The molecule has 2 rings (SSSR count). The molecule has 0 bridgehead atoms. The van der Waals surface area contributed by atoms with E-state index in [0.717, 1.165) is 11.4 Å². The number of amides is 1. The van der Waals surface area contributed by atoms with Gasteiger partial charge in [0.15, 0.2) is 5.69 Å². The molecule has 0 saturated carbocycles. The maximum absolute atomic E-state index is 12.2. The van der Waals surface area contributed by atoms with E-state index in [2.05, 4.69) is 5.16 Å². The average molecular weight is 244 g/mol. The van der Waals surface area contributed by atoms with Crippen LogP contribution in [0.5, 0.6) is 0 Å². The summed E-state index contributed by atoms with van der Waals surface area (Å²) < 4.78 is 5.14. The highest BCUT2D eigenvalue weighted by atomic mass is 16.5. The van der Waals surface area contributed by atoms with Gasteiger partial charge in [0, 0.05) is 24.7 Å². The molecule has 2 aromatic rings.